The highest BCUT2D eigenvalue weighted by atomic mass is 16.1. The number of hydrogen-bond donors (Lipinski definition) is 2. The van der Waals surface area contributed by atoms with Gasteiger partial charge in [-0.05, 0) is 25.0 Å². The Kier molecular flexibility index (Phi) is 3.42. The average molecular weight is 307 g/mol. The highest BCUT2D eigenvalue weighted by Gasteiger charge is 2.16. The zero-order valence-corrected chi connectivity index (χ0v) is 12.6. The smallest absolute Gasteiger partial charge is 0.273 e. The summed E-state index contributed by atoms with van der Waals surface area (Å²) >= 11 is 0. The first-order chi connectivity index (χ1) is 11.3. The maximum atomic E-state index is 12.2. The largest absolute Gasteiger partial charge is 0.334 e. The summed E-state index contributed by atoms with van der Waals surface area (Å²) in [5.41, 5.74) is 3.02. The lowest BCUT2D eigenvalue weighted by molar-refractivity contribution is 0.102. The molecular weight excluding hydrogens is 290 g/mol. The molecule has 6 heteroatoms. The Hall–Kier alpha value is -2.89. The lowest BCUT2D eigenvalue weighted by Crippen LogP contribution is -2.13. The summed E-state index contributed by atoms with van der Waals surface area (Å²) in [5.74, 6) is 0.917. The minimum atomic E-state index is -0.209. The number of H-pyrrole nitrogens is 1. The molecule has 0 unspecified atom stereocenters. The molecule has 3 heterocycles. The molecular formula is C17H17N5O. The number of imidazole rings is 1. The molecule has 23 heavy (non-hydrogen) atoms. The molecule has 0 aliphatic carbocycles. The van der Waals surface area contributed by atoms with Crippen LogP contribution >= 0.6 is 0 Å². The standard InChI is InChI=1S/C17H17N5O/c23-17(14-8-9-18-21-14)20-13-6-2-1-5-12(13)15-11-22-10-4-3-7-16(22)19-15/h1-2,5-6,8-9,11H,3-4,7,10H2,(H,18,21)(H,20,23). The Bertz CT molecular complexity index is 811. The SMILES string of the molecule is O=C(Nc1ccccc1-c1cn2c(n1)CCCC2)c1ccn[nH]1. The number of rotatable bonds is 3. The number of carbonyl (C=O) groups excluding carboxylic acids is 1. The van der Waals surface area contributed by atoms with Gasteiger partial charge < -0.3 is 9.88 Å². The van der Waals surface area contributed by atoms with Gasteiger partial charge in [0, 0.05) is 30.9 Å². The molecule has 3 aromatic rings. The van der Waals surface area contributed by atoms with Crippen LogP contribution in [0.2, 0.25) is 0 Å². The minimum Gasteiger partial charge on any atom is -0.334 e. The van der Waals surface area contributed by atoms with E-state index in [-0.39, 0.29) is 5.91 Å². The van der Waals surface area contributed by atoms with Crippen molar-refractivity contribution in [2.24, 2.45) is 0 Å². The maximum absolute atomic E-state index is 12.2. The Morgan fingerprint density at radius 2 is 2.13 bits per heavy atom. The van der Waals surface area contributed by atoms with Crippen LogP contribution in [0, 0.1) is 0 Å². The number of anilines is 1. The molecule has 0 saturated heterocycles. The van der Waals surface area contributed by atoms with E-state index in [9.17, 15) is 4.79 Å². The number of nitrogens with zero attached hydrogens (tertiary/aromatic N) is 3. The number of carbonyl (C=O) groups is 1. The second kappa shape index (κ2) is 5.72. The summed E-state index contributed by atoms with van der Waals surface area (Å²) in [6.07, 6.45) is 7.04. The van der Waals surface area contributed by atoms with Crippen LogP contribution in [0.1, 0.15) is 29.2 Å². The van der Waals surface area contributed by atoms with Gasteiger partial charge in [0.2, 0.25) is 0 Å². The van der Waals surface area contributed by atoms with E-state index in [0.717, 1.165) is 35.7 Å². The fraction of sp³-hybridized carbons (Fsp3) is 0.235. The van der Waals surface area contributed by atoms with Gasteiger partial charge >= 0.3 is 0 Å². The lowest BCUT2D eigenvalue weighted by atomic mass is 10.1. The summed E-state index contributed by atoms with van der Waals surface area (Å²) < 4.78 is 2.21. The van der Waals surface area contributed by atoms with Crippen LogP contribution < -0.4 is 5.32 Å². The molecule has 1 amide bonds. The van der Waals surface area contributed by atoms with Gasteiger partial charge in [-0.25, -0.2) is 4.98 Å². The summed E-state index contributed by atoms with van der Waals surface area (Å²) in [5, 5.41) is 9.41. The van der Waals surface area contributed by atoms with Crippen molar-refractivity contribution in [2.75, 3.05) is 5.32 Å². The van der Waals surface area contributed by atoms with Crippen molar-refractivity contribution >= 4 is 11.6 Å². The molecule has 6 nitrogen and oxygen atoms in total. The molecule has 1 aromatic carbocycles. The lowest BCUT2D eigenvalue weighted by Gasteiger charge is -2.11. The van der Waals surface area contributed by atoms with E-state index in [1.54, 1.807) is 12.3 Å². The van der Waals surface area contributed by atoms with Crippen LogP contribution in [0.3, 0.4) is 0 Å². The predicted molar refractivity (Wildman–Crippen MR) is 87.1 cm³/mol. The molecule has 1 aliphatic heterocycles. The Morgan fingerprint density at radius 1 is 1.22 bits per heavy atom. The van der Waals surface area contributed by atoms with Crippen LogP contribution in [-0.4, -0.2) is 25.7 Å². The van der Waals surface area contributed by atoms with E-state index in [4.69, 9.17) is 4.98 Å². The zero-order valence-electron chi connectivity index (χ0n) is 12.6. The van der Waals surface area contributed by atoms with Gasteiger partial charge in [-0.1, -0.05) is 18.2 Å². The summed E-state index contributed by atoms with van der Waals surface area (Å²) in [7, 11) is 0. The first-order valence-electron chi connectivity index (χ1n) is 7.77. The molecule has 0 atom stereocenters. The second-order valence-corrected chi connectivity index (χ2v) is 5.66. The van der Waals surface area contributed by atoms with E-state index in [0.29, 0.717) is 5.69 Å². The van der Waals surface area contributed by atoms with E-state index in [1.807, 2.05) is 24.3 Å². The molecule has 0 spiro atoms. The van der Waals surface area contributed by atoms with Crippen molar-refractivity contribution in [2.45, 2.75) is 25.8 Å². The highest BCUT2D eigenvalue weighted by Crippen LogP contribution is 2.29. The zero-order chi connectivity index (χ0) is 15.6. The van der Waals surface area contributed by atoms with Gasteiger partial charge in [-0.15, -0.1) is 0 Å². The molecule has 0 bridgehead atoms. The van der Waals surface area contributed by atoms with Crippen molar-refractivity contribution in [3.63, 3.8) is 0 Å². The van der Waals surface area contributed by atoms with Crippen LogP contribution in [0.5, 0.6) is 0 Å². The Balaban J connectivity index is 1.67. The van der Waals surface area contributed by atoms with Gasteiger partial charge in [-0.3, -0.25) is 9.89 Å². The van der Waals surface area contributed by atoms with E-state index in [1.165, 1.54) is 12.8 Å². The van der Waals surface area contributed by atoms with Crippen molar-refractivity contribution < 1.29 is 4.79 Å². The quantitative estimate of drug-likeness (QED) is 0.781. The minimum absolute atomic E-state index is 0.209. The molecule has 4 rings (SSSR count). The van der Waals surface area contributed by atoms with E-state index >= 15 is 0 Å². The molecule has 0 saturated carbocycles. The third-order valence-electron chi connectivity index (χ3n) is 4.11. The second-order valence-electron chi connectivity index (χ2n) is 5.66. The van der Waals surface area contributed by atoms with Gasteiger partial charge in [-0.2, -0.15) is 5.10 Å². The Morgan fingerprint density at radius 3 is 2.96 bits per heavy atom. The summed E-state index contributed by atoms with van der Waals surface area (Å²) in [4.78, 5) is 17.0. The molecule has 2 aromatic heterocycles. The predicted octanol–water partition coefficient (Wildman–Crippen LogP) is 2.86. The van der Waals surface area contributed by atoms with Gasteiger partial charge in [0.05, 0.1) is 11.4 Å². The van der Waals surface area contributed by atoms with Gasteiger partial charge in [0.25, 0.3) is 5.91 Å². The van der Waals surface area contributed by atoms with Crippen LogP contribution in [-0.2, 0) is 13.0 Å². The van der Waals surface area contributed by atoms with Crippen molar-refractivity contribution in [1.29, 1.82) is 0 Å². The highest BCUT2D eigenvalue weighted by molar-refractivity contribution is 6.04. The number of fused-ring (bicyclic) bond motifs is 1. The number of aromatic amines is 1. The summed E-state index contributed by atoms with van der Waals surface area (Å²) in [6.45, 7) is 1.02. The maximum Gasteiger partial charge on any atom is 0.273 e. The summed E-state index contributed by atoms with van der Waals surface area (Å²) in [6, 6.07) is 9.38. The van der Waals surface area contributed by atoms with Crippen molar-refractivity contribution in [1.82, 2.24) is 19.7 Å². The fourth-order valence-corrected chi connectivity index (χ4v) is 2.93. The first kappa shape index (κ1) is 13.8. The van der Waals surface area contributed by atoms with Crippen molar-refractivity contribution in [3.8, 4) is 11.3 Å². The fourth-order valence-electron chi connectivity index (χ4n) is 2.93. The number of benzene rings is 1. The molecule has 1 aliphatic rings. The van der Waals surface area contributed by atoms with Crippen molar-refractivity contribution in [3.05, 3.63) is 54.2 Å². The number of aromatic nitrogens is 4. The molecule has 0 radical (unpaired) electrons. The van der Waals surface area contributed by atoms with Gasteiger partial charge in [0.15, 0.2) is 0 Å². The normalized spacial score (nSPS) is 13.6. The number of hydrogen-bond acceptors (Lipinski definition) is 3. The average Bonchev–Trinajstić information content (AvgIpc) is 3.25. The van der Waals surface area contributed by atoms with E-state index < -0.39 is 0 Å². The molecule has 0 fully saturated rings. The Labute approximate surface area is 133 Å². The van der Waals surface area contributed by atoms with Crippen LogP contribution in [0.15, 0.2) is 42.7 Å². The monoisotopic (exact) mass is 307 g/mol. The number of para-hydroxylation sites is 1. The van der Waals surface area contributed by atoms with Crippen LogP contribution in [0.4, 0.5) is 5.69 Å². The first-order valence-corrected chi connectivity index (χ1v) is 7.77. The van der Waals surface area contributed by atoms with Crippen LogP contribution in [0.25, 0.3) is 11.3 Å². The number of nitrogens with one attached hydrogen (secondary N) is 2. The molecule has 2 N–H and O–H groups in total. The number of aryl methyl sites for hydroxylation is 2. The topological polar surface area (TPSA) is 75.6 Å². The molecule has 116 valence electrons. The van der Waals surface area contributed by atoms with Gasteiger partial charge in [0.1, 0.15) is 11.5 Å². The van der Waals surface area contributed by atoms with E-state index in [2.05, 4.69) is 26.3 Å². The third kappa shape index (κ3) is 2.63. The third-order valence-corrected chi connectivity index (χ3v) is 4.11. The number of amides is 1.